The number of benzene rings is 2. The van der Waals surface area contributed by atoms with Gasteiger partial charge in [0, 0.05) is 16.9 Å². The predicted octanol–water partition coefficient (Wildman–Crippen LogP) is 1.88. The molecule has 0 saturated carbocycles. The molecular weight excluding hydrogens is 238 g/mol. The largest absolute Gasteiger partial charge is 0.399 e. The second-order valence-corrected chi connectivity index (χ2v) is 4.73. The van der Waals surface area contributed by atoms with E-state index in [0.717, 1.165) is 22.3 Å². The van der Waals surface area contributed by atoms with E-state index in [1.165, 1.54) is 0 Å². The summed E-state index contributed by atoms with van der Waals surface area (Å²) in [7, 11) is 0. The average molecular weight is 257 g/mol. The Labute approximate surface area is 112 Å². The zero-order valence-corrected chi connectivity index (χ0v) is 11.1. The highest BCUT2D eigenvalue weighted by molar-refractivity contribution is 6.00. The maximum Gasteiger partial charge on any atom is 0.0792 e. The highest BCUT2D eigenvalue weighted by atomic mass is 14.8. The van der Waals surface area contributed by atoms with Crippen molar-refractivity contribution in [3.05, 3.63) is 29.3 Å². The summed E-state index contributed by atoms with van der Waals surface area (Å²) < 4.78 is 0. The Balaban J connectivity index is 2.83. The zero-order chi connectivity index (χ0) is 14.3. The van der Waals surface area contributed by atoms with Crippen LogP contribution in [0.4, 0.5) is 28.4 Å². The van der Waals surface area contributed by atoms with Crippen LogP contribution in [-0.2, 0) is 0 Å². The van der Waals surface area contributed by atoms with E-state index in [1.807, 2.05) is 32.0 Å². The summed E-state index contributed by atoms with van der Waals surface area (Å²) in [6, 6.07) is 5.57. The number of anilines is 5. The molecule has 10 N–H and O–H groups in total. The Morgan fingerprint density at radius 2 is 1.37 bits per heavy atom. The molecule has 100 valence electrons. The van der Waals surface area contributed by atoms with E-state index in [2.05, 4.69) is 0 Å². The van der Waals surface area contributed by atoms with Gasteiger partial charge in [0.15, 0.2) is 0 Å². The van der Waals surface area contributed by atoms with Gasteiger partial charge in [-0.2, -0.15) is 0 Å². The van der Waals surface area contributed by atoms with Gasteiger partial charge in [-0.1, -0.05) is 6.07 Å². The van der Waals surface area contributed by atoms with E-state index < -0.39 is 0 Å². The quantitative estimate of drug-likeness (QED) is 0.498. The lowest BCUT2D eigenvalue weighted by atomic mass is 9.93. The number of nitrogen functional groups attached to an aromatic ring is 5. The first-order chi connectivity index (χ1) is 8.84. The molecule has 0 unspecified atom stereocenters. The second kappa shape index (κ2) is 4.28. The van der Waals surface area contributed by atoms with Crippen molar-refractivity contribution in [3.63, 3.8) is 0 Å². The van der Waals surface area contributed by atoms with Crippen LogP contribution in [0.15, 0.2) is 18.2 Å². The van der Waals surface area contributed by atoms with Gasteiger partial charge in [0.1, 0.15) is 0 Å². The van der Waals surface area contributed by atoms with E-state index >= 15 is 0 Å². The molecule has 0 heterocycles. The van der Waals surface area contributed by atoms with E-state index in [0.29, 0.717) is 28.4 Å². The van der Waals surface area contributed by atoms with Crippen molar-refractivity contribution in [2.24, 2.45) is 0 Å². The lowest BCUT2D eigenvalue weighted by molar-refractivity contribution is 1.43. The highest BCUT2D eigenvalue weighted by Crippen LogP contribution is 2.43. The molecule has 0 atom stereocenters. The summed E-state index contributed by atoms with van der Waals surface area (Å²) in [6.07, 6.45) is 0. The molecule has 0 aromatic heterocycles. The van der Waals surface area contributed by atoms with Crippen molar-refractivity contribution in [1.29, 1.82) is 0 Å². The van der Waals surface area contributed by atoms with E-state index in [-0.39, 0.29) is 0 Å². The number of hydrogen-bond donors (Lipinski definition) is 5. The minimum atomic E-state index is 0.373. The fourth-order valence-electron chi connectivity index (χ4n) is 2.22. The Hall–Kier alpha value is -2.56. The number of hydrogen-bond acceptors (Lipinski definition) is 5. The number of nitrogens with two attached hydrogens (primary N) is 5. The van der Waals surface area contributed by atoms with Gasteiger partial charge in [-0.05, 0) is 42.7 Å². The molecule has 2 aromatic carbocycles. The minimum absolute atomic E-state index is 0.373. The molecular formula is C14H19N5. The van der Waals surface area contributed by atoms with Crippen LogP contribution in [0.3, 0.4) is 0 Å². The second-order valence-electron chi connectivity index (χ2n) is 4.73. The Morgan fingerprint density at radius 3 is 1.95 bits per heavy atom. The molecule has 0 saturated heterocycles. The molecule has 0 fully saturated rings. The number of rotatable bonds is 1. The van der Waals surface area contributed by atoms with Crippen LogP contribution in [0, 0.1) is 13.8 Å². The van der Waals surface area contributed by atoms with E-state index in [9.17, 15) is 0 Å². The molecule has 0 amide bonds. The monoisotopic (exact) mass is 257 g/mol. The highest BCUT2D eigenvalue weighted by Gasteiger charge is 2.17. The van der Waals surface area contributed by atoms with Crippen LogP contribution in [0.25, 0.3) is 11.1 Å². The Bertz CT molecular complexity index is 632. The van der Waals surface area contributed by atoms with Gasteiger partial charge >= 0.3 is 0 Å². The van der Waals surface area contributed by atoms with Gasteiger partial charge < -0.3 is 28.7 Å². The lowest BCUT2D eigenvalue weighted by Gasteiger charge is -2.18. The molecule has 0 aliphatic rings. The molecule has 0 aliphatic carbocycles. The summed E-state index contributed by atoms with van der Waals surface area (Å²) in [4.78, 5) is 0. The van der Waals surface area contributed by atoms with Crippen LogP contribution in [-0.4, -0.2) is 0 Å². The topological polar surface area (TPSA) is 130 Å². The first-order valence-electron chi connectivity index (χ1n) is 5.93. The Morgan fingerprint density at radius 1 is 0.737 bits per heavy atom. The van der Waals surface area contributed by atoms with Crippen molar-refractivity contribution >= 4 is 28.4 Å². The first kappa shape index (κ1) is 12.9. The fourth-order valence-corrected chi connectivity index (χ4v) is 2.22. The summed E-state index contributed by atoms with van der Waals surface area (Å²) in [6.45, 7) is 3.78. The molecule has 2 aromatic rings. The van der Waals surface area contributed by atoms with Gasteiger partial charge in [0.05, 0.1) is 17.1 Å². The van der Waals surface area contributed by atoms with Crippen molar-refractivity contribution in [1.82, 2.24) is 0 Å². The maximum atomic E-state index is 6.15. The molecule has 19 heavy (non-hydrogen) atoms. The van der Waals surface area contributed by atoms with Gasteiger partial charge in [-0.3, -0.25) is 0 Å². The molecule has 5 heteroatoms. The minimum Gasteiger partial charge on any atom is -0.399 e. The maximum absolute atomic E-state index is 6.15. The third-order valence-corrected chi connectivity index (χ3v) is 3.45. The van der Waals surface area contributed by atoms with E-state index in [4.69, 9.17) is 28.7 Å². The molecule has 0 bridgehead atoms. The predicted molar refractivity (Wildman–Crippen MR) is 83.4 cm³/mol. The fraction of sp³-hybridized carbons (Fsp3) is 0.143. The van der Waals surface area contributed by atoms with Crippen LogP contribution in [0.2, 0.25) is 0 Å². The molecule has 0 radical (unpaired) electrons. The lowest BCUT2D eigenvalue weighted by Crippen LogP contribution is -2.08. The molecule has 0 aliphatic heterocycles. The smallest absolute Gasteiger partial charge is 0.0792 e. The van der Waals surface area contributed by atoms with Crippen LogP contribution in [0.1, 0.15) is 11.1 Å². The standard InChI is InChI=1S/C14H19N5/c1-6-5-8(15)3-4-9(6)10-11(16)7(2)12(17)14(19)13(10)18/h3-5H,15-19H2,1-2H3. The third kappa shape index (κ3) is 1.89. The van der Waals surface area contributed by atoms with Crippen molar-refractivity contribution in [2.45, 2.75) is 13.8 Å². The summed E-state index contributed by atoms with van der Waals surface area (Å²) >= 11 is 0. The van der Waals surface area contributed by atoms with Gasteiger partial charge in [0.2, 0.25) is 0 Å². The van der Waals surface area contributed by atoms with Crippen molar-refractivity contribution in [2.75, 3.05) is 28.7 Å². The van der Waals surface area contributed by atoms with Crippen molar-refractivity contribution < 1.29 is 0 Å². The molecule has 5 nitrogen and oxygen atoms in total. The van der Waals surface area contributed by atoms with E-state index in [1.54, 1.807) is 0 Å². The first-order valence-corrected chi connectivity index (χ1v) is 5.93. The van der Waals surface area contributed by atoms with Gasteiger partial charge in [0.25, 0.3) is 0 Å². The van der Waals surface area contributed by atoms with Crippen LogP contribution < -0.4 is 28.7 Å². The molecule has 0 spiro atoms. The summed E-state index contributed by atoms with van der Waals surface area (Å²) in [5.41, 5.74) is 35.6. The van der Waals surface area contributed by atoms with Crippen molar-refractivity contribution in [3.8, 4) is 11.1 Å². The zero-order valence-electron chi connectivity index (χ0n) is 11.1. The SMILES string of the molecule is Cc1cc(N)ccc1-c1c(N)c(C)c(N)c(N)c1N. The van der Waals surface area contributed by atoms with Gasteiger partial charge in [-0.25, -0.2) is 0 Å². The summed E-state index contributed by atoms with van der Waals surface area (Å²) in [5, 5.41) is 0. The number of aryl methyl sites for hydroxylation is 1. The van der Waals surface area contributed by atoms with Crippen LogP contribution in [0.5, 0.6) is 0 Å². The Kier molecular flexibility index (Phi) is 2.90. The third-order valence-electron chi connectivity index (χ3n) is 3.45. The van der Waals surface area contributed by atoms with Gasteiger partial charge in [-0.15, -0.1) is 0 Å². The summed E-state index contributed by atoms with van der Waals surface area (Å²) in [5.74, 6) is 0. The van der Waals surface area contributed by atoms with Crippen LogP contribution >= 0.6 is 0 Å². The molecule has 2 rings (SSSR count). The average Bonchev–Trinajstić information content (AvgIpc) is 2.37. The normalized spacial score (nSPS) is 10.6.